The van der Waals surface area contributed by atoms with E-state index in [2.05, 4.69) is 36.6 Å². The van der Waals surface area contributed by atoms with E-state index in [9.17, 15) is 47.8 Å². The Morgan fingerprint density at radius 3 is 1.62 bits per heavy atom. The molecule has 5 heterocycles. The molecule has 2 aromatic heterocycles. The van der Waals surface area contributed by atoms with Crippen LogP contribution in [-0.2, 0) is 19.2 Å². The molecule has 2 unspecified atom stereocenters. The van der Waals surface area contributed by atoms with Gasteiger partial charge in [-0.2, -0.15) is 0 Å². The molecule has 18 heteroatoms. The summed E-state index contributed by atoms with van der Waals surface area (Å²) in [4.78, 5) is 82.2. The molecule has 0 radical (unpaired) electrons. The summed E-state index contributed by atoms with van der Waals surface area (Å²) < 4.78 is 27.4. The highest BCUT2D eigenvalue weighted by atomic mass is 19.1. The van der Waals surface area contributed by atoms with E-state index >= 15 is 0 Å². The maximum atomic E-state index is 13.7. The molecule has 342 valence electrons. The molecular weight excluding hydrogens is 843 g/mol. The van der Waals surface area contributed by atoms with Crippen molar-refractivity contribution in [3.05, 3.63) is 104 Å². The molecular formula is C47H52F2N8O8. The van der Waals surface area contributed by atoms with Crippen molar-refractivity contribution in [2.75, 3.05) is 36.8 Å². The van der Waals surface area contributed by atoms with Gasteiger partial charge in [0, 0.05) is 77.5 Å². The van der Waals surface area contributed by atoms with Gasteiger partial charge in [-0.1, -0.05) is 0 Å². The predicted molar refractivity (Wildman–Crippen MR) is 239 cm³/mol. The second kappa shape index (κ2) is 19.4. The van der Waals surface area contributed by atoms with Crippen LogP contribution in [0, 0.1) is 39.3 Å². The highest BCUT2D eigenvalue weighted by Gasteiger charge is 2.29. The van der Waals surface area contributed by atoms with Gasteiger partial charge in [0.1, 0.15) is 11.6 Å². The number of carbonyl (C=O) groups excluding carboxylic acids is 6. The van der Waals surface area contributed by atoms with Gasteiger partial charge in [-0.15, -0.1) is 0 Å². The molecule has 9 N–H and O–H groups in total. The number of nitrogens with one attached hydrogen (secondary N) is 7. The van der Waals surface area contributed by atoms with Gasteiger partial charge < -0.3 is 51.7 Å². The third-order valence-electron chi connectivity index (χ3n) is 11.7. The number of aromatic amines is 2. The van der Waals surface area contributed by atoms with Crippen LogP contribution in [0.1, 0.15) is 104 Å². The van der Waals surface area contributed by atoms with E-state index in [0.29, 0.717) is 91.8 Å². The number of amides is 6. The number of nitrogens with zero attached hydrogens (tertiary/aromatic N) is 1. The molecule has 8 rings (SSSR count). The van der Waals surface area contributed by atoms with Crippen LogP contribution >= 0.6 is 0 Å². The van der Waals surface area contributed by atoms with E-state index in [1.54, 1.807) is 44.7 Å². The van der Waals surface area contributed by atoms with Gasteiger partial charge in [-0.3, -0.25) is 28.8 Å². The lowest BCUT2D eigenvalue weighted by Gasteiger charge is -2.18. The van der Waals surface area contributed by atoms with Gasteiger partial charge in [0.05, 0.1) is 47.3 Å². The summed E-state index contributed by atoms with van der Waals surface area (Å²) in [5.74, 6) is -2.72. The van der Waals surface area contributed by atoms with Gasteiger partial charge in [0.15, 0.2) is 0 Å². The number of likely N-dealkylation sites (tertiary alicyclic amines) is 1. The fraction of sp³-hybridized carbons (Fsp3) is 0.362. The highest BCUT2D eigenvalue weighted by molar-refractivity contribution is 6.35. The third-order valence-corrected chi connectivity index (χ3v) is 11.7. The lowest BCUT2D eigenvalue weighted by Crippen LogP contribution is -2.37. The summed E-state index contributed by atoms with van der Waals surface area (Å²) in [6.07, 6.45) is 5.00. The fourth-order valence-corrected chi connectivity index (χ4v) is 8.18. The molecule has 6 amide bonds. The number of aliphatic hydroxyl groups is 2. The van der Waals surface area contributed by atoms with Crippen LogP contribution in [0.15, 0.2) is 36.4 Å². The van der Waals surface area contributed by atoms with Crippen molar-refractivity contribution in [3.63, 3.8) is 0 Å². The maximum Gasteiger partial charge on any atom is 0.256 e. The van der Waals surface area contributed by atoms with Crippen molar-refractivity contribution in [3.8, 4) is 0 Å². The Balaban J connectivity index is 0.000000194. The number of benzene rings is 2. The number of hydrogen-bond acceptors (Lipinski definition) is 8. The average molecular weight is 895 g/mol. The lowest BCUT2D eigenvalue weighted by atomic mass is 10.0. The lowest BCUT2D eigenvalue weighted by molar-refractivity contribution is -0.132. The Labute approximate surface area is 373 Å². The summed E-state index contributed by atoms with van der Waals surface area (Å²) in [6, 6.07) is 8.37. The number of aromatic nitrogens is 2. The number of halogens is 2. The van der Waals surface area contributed by atoms with Crippen molar-refractivity contribution in [2.45, 2.75) is 84.5 Å². The van der Waals surface area contributed by atoms with Crippen molar-refractivity contribution in [2.24, 2.45) is 0 Å². The zero-order valence-electron chi connectivity index (χ0n) is 36.5. The Bertz CT molecular complexity index is 2640. The molecule has 0 spiro atoms. The number of aliphatic hydroxyl groups excluding tert-OH is 2. The average Bonchev–Trinajstić information content (AvgIpc) is 3.52. The number of aryl methyl sites for hydroxylation is 2. The summed E-state index contributed by atoms with van der Waals surface area (Å²) in [5.41, 5.74) is 6.91. The Kier molecular flexibility index (Phi) is 13.8. The van der Waals surface area contributed by atoms with E-state index in [-0.39, 0.29) is 61.5 Å². The standard InChI is InChI=1S/C24H27FN4O4.C23H25FN4O4/c1-13-20(11-18-17-9-15(25)5-6-19(17)28-23(18)32)27-14(2)22(13)24(33)26-12-16(30)10-21(31)29-7-3-4-8-29;1-11-19(9-17-16-7-13(24)3-6-18(16)28-22(17)31)26-12(2)21(11)23(32)25-10-15(29)8-20(30)27-14-4-5-14/h5-6,9,11,16,27,30H,3-4,7-8,10,12H2,1-2H3,(H,26,33)(H,28,32);3,6-7,9,14-15,26,29H,4-5,8,10H2,1-2H3,(H,25,32)(H,27,30)(H,28,31)/b18-11-;17-9-. The first kappa shape index (κ1) is 46.1. The summed E-state index contributed by atoms with van der Waals surface area (Å²) >= 11 is 0. The van der Waals surface area contributed by atoms with Crippen molar-refractivity contribution < 1.29 is 47.8 Å². The SMILES string of the molecule is Cc1[nH]c(/C=C2\C(=O)Nc3ccc(F)cc32)c(C)c1C(=O)NCC(O)CC(=O)N1CCCC1.Cc1[nH]c(/C=C2\C(=O)Nc3ccc(F)cc32)c(C)c1C(=O)NCC(O)CC(=O)NC1CC1. The Hall–Kier alpha value is -6.92. The van der Waals surface area contributed by atoms with E-state index in [4.69, 9.17) is 0 Å². The van der Waals surface area contributed by atoms with E-state index in [0.717, 1.165) is 25.7 Å². The molecule has 4 aromatic rings. The molecule has 2 atom stereocenters. The van der Waals surface area contributed by atoms with Crippen molar-refractivity contribution >= 4 is 70.1 Å². The first-order chi connectivity index (χ1) is 31.0. The maximum absolute atomic E-state index is 13.7. The van der Waals surface area contributed by atoms with Crippen molar-refractivity contribution in [1.82, 2.24) is 30.8 Å². The number of H-pyrrole nitrogens is 2. The van der Waals surface area contributed by atoms with Crippen molar-refractivity contribution in [1.29, 1.82) is 0 Å². The molecule has 4 aliphatic rings. The molecule has 1 aliphatic carbocycles. The minimum Gasteiger partial charge on any atom is -0.391 e. The van der Waals surface area contributed by atoms with E-state index < -0.39 is 29.7 Å². The Morgan fingerprint density at radius 1 is 0.723 bits per heavy atom. The Morgan fingerprint density at radius 2 is 1.17 bits per heavy atom. The zero-order valence-corrected chi connectivity index (χ0v) is 36.5. The number of hydrogen-bond donors (Lipinski definition) is 9. The van der Waals surface area contributed by atoms with Crippen LogP contribution in [-0.4, -0.2) is 105 Å². The number of carbonyl (C=O) groups is 6. The molecule has 2 fully saturated rings. The first-order valence-electron chi connectivity index (χ1n) is 21.5. The van der Waals surface area contributed by atoms with E-state index in [1.807, 2.05) is 0 Å². The normalized spacial score (nSPS) is 17.2. The van der Waals surface area contributed by atoms with Crippen LogP contribution in [0.5, 0.6) is 0 Å². The van der Waals surface area contributed by atoms with Gasteiger partial charge in [-0.25, -0.2) is 8.78 Å². The quantitative estimate of drug-likeness (QED) is 0.0871. The second-order valence-corrected chi connectivity index (χ2v) is 16.8. The summed E-state index contributed by atoms with van der Waals surface area (Å²) in [6.45, 7) is 8.27. The molecule has 2 aromatic carbocycles. The first-order valence-corrected chi connectivity index (χ1v) is 21.5. The number of rotatable bonds is 13. The molecule has 1 saturated heterocycles. The smallest absolute Gasteiger partial charge is 0.256 e. The molecule has 1 saturated carbocycles. The zero-order chi connectivity index (χ0) is 46.7. The van der Waals surface area contributed by atoms with Gasteiger partial charge in [-0.05, 0) is 113 Å². The van der Waals surface area contributed by atoms with Crippen LogP contribution in [0.2, 0.25) is 0 Å². The minimum atomic E-state index is -0.993. The van der Waals surface area contributed by atoms with Crippen LogP contribution < -0.4 is 26.6 Å². The van der Waals surface area contributed by atoms with Crippen LogP contribution in [0.3, 0.4) is 0 Å². The monoisotopic (exact) mass is 894 g/mol. The van der Waals surface area contributed by atoms with Crippen LogP contribution in [0.4, 0.5) is 20.2 Å². The van der Waals surface area contributed by atoms with Gasteiger partial charge in [0.25, 0.3) is 23.6 Å². The number of fused-ring (bicyclic) bond motifs is 2. The molecule has 65 heavy (non-hydrogen) atoms. The number of anilines is 2. The fourth-order valence-electron chi connectivity index (χ4n) is 8.18. The minimum absolute atomic E-state index is 0.0339. The largest absolute Gasteiger partial charge is 0.391 e. The summed E-state index contributed by atoms with van der Waals surface area (Å²) in [7, 11) is 0. The third kappa shape index (κ3) is 10.7. The van der Waals surface area contributed by atoms with Gasteiger partial charge >= 0.3 is 0 Å². The second-order valence-electron chi connectivity index (χ2n) is 16.8. The van der Waals surface area contributed by atoms with Gasteiger partial charge in [0.2, 0.25) is 11.8 Å². The molecule has 0 bridgehead atoms. The molecule has 16 nitrogen and oxygen atoms in total. The highest BCUT2D eigenvalue weighted by Crippen LogP contribution is 2.36. The van der Waals surface area contributed by atoms with E-state index in [1.165, 1.54) is 36.4 Å². The topological polar surface area (TPSA) is 238 Å². The predicted octanol–water partition coefficient (Wildman–Crippen LogP) is 4.39. The van der Waals surface area contributed by atoms with Crippen LogP contribution in [0.25, 0.3) is 23.3 Å². The summed E-state index contributed by atoms with van der Waals surface area (Å²) in [5, 5.41) is 33.8. The molecule has 3 aliphatic heterocycles.